The van der Waals surface area contributed by atoms with Crippen molar-refractivity contribution in [1.82, 2.24) is 15.1 Å². The summed E-state index contributed by atoms with van der Waals surface area (Å²) in [5, 5.41) is 16.8. The van der Waals surface area contributed by atoms with Crippen LogP contribution in [0.4, 0.5) is 0 Å². The van der Waals surface area contributed by atoms with Gasteiger partial charge in [0.15, 0.2) is 0 Å². The van der Waals surface area contributed by atoms with Gasteiger partial charge in [0.25, 0.3) is 0 Å². The largest absolute Gasteiger partial charge is 0.396 e. The number of hydrogen-bond acceptors (Lipinski definition) is 3. The minimum Gasteiger partial charge on any atom is -0.396 e. The second-order valence-corrected chi connectivity index (χ2v) is 5.64. The normalized spacial score (nSPS) is 12.6. The topological polar surface area (TPSA) is 50.1 Å². The van der Waals surface area contributed by atoms with E-state index in [4.69, 9.17) is 5.11 Å². The second kappa shape index (κ2) is 6.87. The van der Waals surface area contributed by atoms with Crippen LogP contribution >= 0.6 is 0 Å². The molecule has 114 valence electrons. The molecule has 0 spiro atoms. The molecule has 0 radical (unpaired) electrons. The van der Waals surface area contributed by atoms with Gasteiger partial charge < -0.3 is 10.4 Å². The molecule has 0 saturated heterocycles. The predicted octanol–water partition coefficient (Wildman–Crippen LogP) is 2.83. The van der Waals surface area contributed by atoms with Crippen LogP contribution in [0.3, 0.4) is 0 Å². The van der Waals surface area contributed by atoms with Gasteiger partial charge >= 0.3 is 0 Å². The molecule has 1 atom stereocenters. The summed E-state index contributed by atoms with van der Waals surface area (Å²) in [4.78, 5) is 0. The lowest BCUT2D eigenvalue weighted by Gasteiger charge is -2.14. The predicted molar refractivity (Wildman–Crippen MR) is 85.9 cm³/mol. The third-order valence-corrected chi connectivity index (χ3v) is 3.89. The lowest BCUT2D eigenvalue weighted by Crippen LogP contribution is -2.21. The van der Waals surface area contributed by atoms with Gasteiger partial charge in [0.2, 0.25) is 0 Å². The molecule has 4 heteroatoms. The van der Waals surface area contributed by atoms with Crippen LogP contribution in [0.5, 0.6) is 0 Å². The van der Waals surface area contributed by atoms with Crippen molar-refractivity contribution in [2.24, 2.45) is 0 Å². The van der Waals surface area contributed by atoms with Gasteiger partial charge in [-0.2, -0.15) is 5.10 Å². The van der Waals surface area contributed by atoms with Gasteiger partial charge in [-0.3, -0.25) is 0 Å². The number of rotatable bonds is 6. The Bertz CT molecular complexity index is 604. The monoisotopic (exact) mass is 287 g/mol. The summed E-state index contributed by atoms with van der Waals surface area (Å²) in [7, 11) is 0. The third kappa shape index (κ3) is 3.52. The Morgan fingerprint density at radius 3 is 2.76 bits per heavy atom. The molecule has 1 aromatic heterocycles. The molecular formula is C17H25N3O. The van der Waals surface area contributed by atoms with Crippen LogP contribution in [0.15, 0.2) is 24.4 Å². The van der Waals surface area contributed by atoms with Gasteiger partial charge in [-0.05, 0) is 57.9 Å². The fourth-order valence-electron chi connectivity index (χ4n) is 2.55. The Morgan fingerprint density at radius 2 is 2.05 bits per heavy atom. The highest BCUT2D eigenvalue weighted by Crippen LogP contribution is 2.22. The van der Waals surface area contributed by atoms with E-state index >= 15 is 0 Å². The first-order chi connectivity index (χ1) is 10.0. The maximum atomic E-state index is 8.86. The van der Waals surface area contributed by atoms with Crippen molar-refractivity contribution in [1.29, 1.82) is 0 Å². The molecule has 0 aliphatic carbocycles. The Hall–Kier alpha value is -1.65. The molecule has 2 aromatic rings. The van der Waals surface area contributed by atoms with Crippen molar-refractivity contribution in [3.63, 3.8) is 0 Å². The van der Waals surface area contributed by atoms with Gasteiger partial charge in [0.05, 0.1) is 11.9 Å². The molecule has 0 saturated carbocycles. The van der Waals surface area contributed by atoms with E-state index in [0.29, 0.717) is 0 Å². The zero-order valence-electron chi connectivity index (χ0n) is 13.3. The smallest absolute Gasteiger partial charge is 0.0680 e. The Morgan fingerprint density at radius 1 is 1.29 bits per heavy atom. The fraction of sp³-hybridized carbons (Fsp3) is 0.471. The van der Waals surface area contributed by atoms with E-state index in [-0.39, 0.29) is 12.6 Å². The van der Waals surface area contributed by atoms with Crippen LogP contribution in [0.1, 0.15) is 41.8 Å². The summed E-state index contributed by atoms with van der Waals surface area (Å²) in [5.41, 5.74) is 5.96. The minimum atomic E-state index is 0.223. The Balaban J connectivity index is 2.26. The number of benzene rings is 1. The van der Waals surface area contributed by atoms with Gasteiger partial charge in [-0.25, -0.2) is 4.68 Å². The molecule has 2 rings (SSSR count). The van der Waals surface area contributed by atoms with Gasteiger partial charge in [0.1, 0.15) is 0 Å². The number of aryl methyl sites for hydroxylation is 2. The molecule has 21 heavy (non-hydrogen) atoms. The van der Waals surface area contributed by atoms with E-state index in [1.54, 1.807) is 0 Å². The maximum absolute atomic E-state index is 8.86. The fourth-order valence-corrected chi connectivity index (χ4v) is 2.55. The molecular weight excluding hydrogens is 262 g/mol. The molecule has 0 amide bonds. The number of nitrogens with one attached hydrogen (secondary N) is 1. The first-order valence-corrected chi connectivity index (χ1v) is 7.51. The van der Waals surface area contributed by atoms with Crippen LogP contribution in [-0.4, -0.2) is 28.0 Å². The summed E-state index contributed by atoms with van der Waals surface area (Å²) in [6.45, 7) is 9.48. The van der Waals surface area contributed by atoms with E-state index in [9.17, 15) is 0 Å². The number of aromatic nitrogens is 2. The highest BCUT2D eigenvalue weighted by atomic mass is 16.3. The molecule has 4 nitrogen and oxygen atoms in total. The molecule has 1 unspecified atom stereocenters. The average molecular weight is 287 g/mol. The van der Waals surface area contributed by atoms with E-state index in [0.717, 1.165) is 24.3 Å². The number of aliphatic hydroxyl groups is 1. The molecule has 2 N–H and O–H groups in total. The van der Waals surface area contributed by atoms with E-state index in [1.807, 2.05) is 10.9 Å². The summed E-state index contributed by atoms with van der Waals surface area (Å²) in [6, 6.07) is 6.66. The molecule has 0 bridgehead atoms. The average Bonchev–Trinajstić information content (AvgIpc) is 2.83. The van der Waals surface area contributed by atoms with Gasteiger partial charge in [0, 0.05) is 23.9 Å². The SMILES string of the molecule is Cc1ccc(C)c(-n2ncc(C(C)NCCCO)c2C)c1. The highest BCUT2D eigenvalue weighted by molar-refractivity contribution is 5.44. The first kappa shape index (κ1) is 15.7. The van der Waals surface area contributed by atoms with Crippen LogP contribution in [0, 0.1) is 20.8 Å². The number of nitrogens with zero attached hydrogens (tertiary/aromatic N) is 2. The van der Waals surface area contributed by atoms with E-state index in [1.165, 1.54) is 16.7 Å². The minimum absolute atomic E-state index is 0.223. The van der Waals surface area contributed by atoms with Gasteiger partial charge in [-0.1, -0.05) is 12.1 Å². The van der Waals surface area contributed by atoms with Crippen LogP contribution < -0.4 is 5.32 Å². The van der Waals surface area contributed by atoms with Crippen molar-refractivity contribution >= 4 is 0 Å². The molecule has 0 aliphatic heterocycles. The summed E-state index contributed by atoms with van der Waals surface area (Å²) >= 11 is 0. The maximum Gasteiger partial charge on any atom is 0.0680 e. The van der Waals surface area contributed by atoms with Crippen molar-refractivity contribution < 1.29 is 5.11 Å². The third-order valence-electron chi connectivity index (χ3n) is 3.89. The van der Waals surface area contributed by atoms with Gasteiger partial charge in [-0.15, -0.1) is 0 Å². The zero-order chi connectivity index (χ0) is 15.4. The summed E-state index contributed by atoms with van der Waals surface area (Å²) in [5.74, 6) is 0. The highest BCUT2D eigenvalue weighted by Gasteiger charge is 2.14. The standard InChI is InChI=1S/C17H25N3O/c1-12-6-7-13(2)17(10-12)20-15(4)16(11-19-20)14(3)18-8-5-9-21/h6-7,10-11,14,18,21H,5,8-9H2,1-4H3. The number of hydrogen-bond donors (Lipinski definition) is 2. The molecule has 1 aromatic carbocycles. The molecule has 1 heterocycles. The lowest BCUT2D eigenvalue weighted by atomic mass is 10.1. The van der Waals surface area contributed by atoms with Crippen LogP contribution in [0.25, 0.3) is 5.69 Å². The van der Waals surface area contributed by atoms with Crippen LogP contribution in [-0.2, 0) is 0 Å². The Kier molecular flexibility index (Phi) is 5.15. The van der Waals surface area contributed by atoms with Crippen molar-refractivity contribution in [2.75, 3.05) is 13.2 Å². The molecule has 0 aliphatic rings. The number of aliphatic hydroxyl groups excluding tert-OH is 1. The first-order valence-electron chi connectivity index (χ1n) is 7.51. The van der Waals surface area contributed by atoms with Crippen LogP contribution in [0.2, 0.25) is 0 Å². The van der Waals surface area contributed by atoms with E-state index < -0.39 is 0 Å². The quantitative estimate of drug-likeness (QED) is 0.803. The second-order valence-electron chi connectivity index (χ2n) is 5.64. The van der Waals surface area contributed by atoms with E-state index in [2.05, 4.69) is 56.3 Å². The Labute approximate surface area is 126 Å². The van der Waals surface area contributed by atoms with Crippen molar-refractivity contribution in [3.8, 4) is 5.69 Å². The van der Waals surface area contributed by atoms with Crippen molar-refractivity contribution in [2.45, 2.75) is 40.2 Å². The lowest BCUT2D eigenvalue weighted by molar-refractivity contribution is 0.284. The summed E-state index contributed by atoms with van der Waals surface area (Å²) < 4.78 is 2.02. The molecule has 0 fully saturated rings. The van der Waals surface area contributed by atoms with Crippen molar-refractivity contribution in [3.05, 3.63) is 46.8 Å². The summed E-state index contributed by atoms with van der Waals surface area (Å²) in [6.07, 6.45) is 2.71. The zero-order valence-corrected chi connectivity index (χ0v) is 13.3.